The quantitative estimate of drug-likeness (QED) is 0.471. The van der Waals surface area contributed by atoms with Crippen molar-refractivity contribution in [2.75, 3.05) is 0 Å². The second kappa shape index (κ2) is 9.53. The summed E-state index contributed by atoms with van der Waals surface area (Å²) in [5.41, 5.74) is 2.34. The third-order valence-electron chi connectivity index (χ3n) is 3.24. The van der Waals surface area contributed by atoms with Gasteiger partial charge in [-0.2, -0.15) is 0 Å². The van der Waals surface area contributed by atoms with E-state index in [1.807, 2.05) is 24.3 Å². The zero-order valence-electron chi connectivity index (χ0n) is 12.5. The van der Waals surface area contributed by atoms with Crippen LogP contribution < -0.4 is 4.74 Å². The van der Waals surface area contributed by atoms with Gasteiger partial charge in [-0.25, -0.2) is 0 Å². The highest BCUT2D eigenvalue weighted by Crippen LogP contribution is 2.22. The summed E-state index contributed by atoms with van der Waals surface area (Å²) < 4.78 is 6.06. The van der Waals surface area contributed by atoms with E-state index in [9.17, 15) is 4.79 Å². The molecule has 1 unspecified atom stereocenters. The van der Waals surface area contributed by atoms with Crippen molar-refractivity contribution in [1.29, 1.82) is 0 Å². The van der Waals surface area contributed by atoms with Gasteiger partial charge in [0.25, 0.3) is 0 Å². The van der Waals surface area contributed by atoms with Crippen LogP contribution in [0.5, 0.6) is 5.75 Å². The van der Waals surface area contributed by atoms with E-state index in [1.165, 1.54) is 19.3 Å². The first-order valence-corrected chi connectivity index (χ1v) is 8.48. The molecule has 1 aromatic rings. The lowest BCUT2D eigenvalue weighted by atomic mass is 10.1. The summed E-state index contributed by atoms with van der Waals surface area (Å²) in [6, 6.07) is 7.53. The lowest BCUT2D eigenvalue weighted by molar-refractivity contribution is 0.106. The lowest BCUT2D eigenvalue weighted by Gasteiger charge is -2.19. The zero-order valence-corrected chi connectivity index (χ0v) is 13.5. The highest BCUT2D eigenvalue weighted by Gasteiger charge is 2.14. The average Bonchev–Trinajstić information content (AvgIpc) is 2.47. The van der Waals surface area contributed by atoms with Gasteiger partial charge in [-0.1, -0.05) is 44.5 Å². The molecule has 1 aromatic carbocycles. The number of unbranched alkanes of at least 4 members (excludes halogenated alkanes) is 2. The van der Waals surface area contributed by atoms with E-state index in [0.29, 0.717) is 5.56 Å². The molecule has 1 rings (SSSR count). The van der Waals surface area contributed by atoms with E-state index in [4.69, 9.17) is 4.74 Å². The Kier molecular flexibility index (Phi) is 7.96. The number of hydrogen-bond acceptors (Lipinski definition) is 2. The van der Waals surface area contributed by atoms with E-state index in [0.717, 1.165) is 18.6 Å². The van der Waals surface area contributed by atoms with E-state index >= 15 is 0 Å². The second-order valence-electron chi connectivity index (χ2n) is 4.82. The molecule has 0 saturated carbocycles. The third-order valence-corrected chi connectivity index (χ3v) is 3.98. The monoisotopic (exact) mass is 288 g/mol. The summed E-state index contributed by atoms with van der Waals surface area (Å²) in [4.78, 5) is 12.1. The Balaban J connectivity index is 2.74. The summed E-state index contributed by atoms with van der Waals surface area (Å²) in [6.45, 7) is 7.97. The minimum absolute atomic E-state index is 0.0963. The van der Waals surface area contributed by atoms with Crippen molar-refractivity contribution in [2.45, 2.75) is 52.1 Å². The van der Waals surface area contributed by atoms with Gasteiger partial charge in [-0.05, 0) is 31.4 Å². The smallest absolute Gasteiger partial charge is 0.170 e. The molecule has 0 fully saturated rings. The molecule has 0 aliphatic carbocycles. The van der Waals surface area contributed by atoms with Crippen molar-refractivity contribution in [1.82, 2.24) is 0 Å². The van der Waals surface area contributed by atoms with Crippen molar-refractivity contribution in [3.63, 3.8) is 0 Å². The molecule has 0 N–H and O–H groups in total. The molecule has 2 nitrogen and oxygen atoms in total. The number of para-hydroxylation sites is 1. The predicted octanol–water partition coefficient (Wildman–Crippen LogP) is 4.41. The maximum Gasteiger partial charge on any atom is 0.170 e. The minimum atomic E-state index is 0.0963. The zero-order chi connectivity index (χ0) is 14.8. The van der Waals surface area contributed by atoms with Crippen molar-refractivity contribution in [3.05, 3.63) is 42.1 Å². The van der Waals surface area contributed by atoms with Crippen LogP contribution in [0.4, 0.5) is 0 Å². The standard InChI is InChI=1S/C17H24O2Si/c1-4-7-8-11-14(5-2)19-16-13-10-9-12-15(16)17(18)20-6-3/h6,9-10,12-14H,3-5,7-8,11H2,1-2H3. The fraction of sp³-hybridized carbons (Fsp3) is 0.471. The number of hydrogen-bond donors (Lipinski definition) is 0. The van der Waals surface area contributed by atoms with Crippen molar-refractivity contribution in [2.24, 2.45) is 0 Å². The van der Waals surface area contributed by atoms with Crippen molar-refractivity contribution in [3.8, 4) is 5.75 Å². The Labute approximate surface area is 125 Å². The number of carbonyl (C=O) groups excluding carboxylic acids is 1. The number of carbonyl (C=O) groups is 1. The van der Waals surface area contributed by atoms with Gasteiger partial charge in [-0.3, -0.25) is 0 Å². The van der Waals surface area contributed by atoms with Crippen molar-refractivity contribution < 1.29 is 9.53 Å². The highest BCUT2D eigenvalue weighted by atomic mass is 28.2. The summed E-state index contributed by atoms with van der Waals surface area (Å²) in [5.74, 6) is 0.718. The van der Waals surface area contributed by atoms with Gasteiger partial charge < -0.3 is 9.53 Å². The summed E-state index contributed by atoms with van der Waals surface area (Å²) in [7, 11) is 0.106. The Morgan fingerprint density at radius 3 is 2.75 bits per heavy atom. The van der Waals surface area contributed by atoms with Crippen LogP contribution in [0.1, 0.15) is 56.3 Å². The van der Waals surface area contributed by atoms with Crippen LogP contribution in [0, 0.1) is 0 Å². The average molecular weight is 288 g/mol. The van der Waals surface area contributed by atoms with E-state index < -0.39 is 0 Å². The van der Waals surface area contributed by atoms with Crippen LogP contribution in [0.25, 0.3) is 0 Å². The number of benzene rings is 1. The molecule has 0 aliphatic heterocycles. The summed E-state index contributed by atoms with van der Waals surface area (Å²) in [5, 5.41) is 0.0963. The first-order chi connectivity index (χ1) is 9.72. The van der Waals surface area contributed by atoms with Crippen LogP contribution in [-0.2, 0) is 0 Å². The van der Waals surface area contributed by atoms with Crippen LogP contribution in [0.2, 0.25) is 0 Å². The Morgan fingerprint density at radius 2 is 2.10 bits per heavy atom. The molecule has 0 bridgehead atoms. The van der Waals surface area contributed by atoms with Gasteiger partial charge >= 0.3 is 0 Å². The van der Waals surface area contributed by atoms with E-state index in [1.54, 1.807) is 5.70 Å². The van der Waals surface area contributed by atoms with Gasteiger partial charge in [0.2, 0.25) is 0 Å². The Morgan fingerprint density at radius 1 is 1.35 bits per heavy atom. The molecular formula is C17H24O2Si. The molecule has 0 aromatic heterocycles. The van der Waals surface area contributed by atoms with Crippen LogP contribution in [-0.4, -0.2) is 21.0 Å². The maximum atomic E-state index is 12.1. The summed E-state index contributed by atoms with van der Waals surface area (Å²) >= 11 is 0. The van der Waals surface area contributed by atoms with E-state index in [2.05, 4.69) is 20.4 Å². The SMILES string of the molecule is C=C[Si]C(=O)c1ccccc1OC(CC)CCCCC. The van der Waals surface area contributed by atoms with Gasteiger partial charge in [0.15, 0.2) is 9.52 Å². The molecule has 108 valence electrons. The Bertz CT molecular complexity index is 429. The van der Waals surface area contributed by atoms with Gasteiger partial charge in [0.05, 0.1) is 11.7 Å². The van der Waals surface area contributed by atoms with E-state index in [-0.39, 0.29) is 21.0 Å². The molecule has 0 saturated heterocycles. The fourth-order valence-corrected chi connectivity index (χ4v) is 2.62. The largest absolute Gasteiger partial charge is 0.490 e. The number of ether oxygens (including phenoxy) is 1. The molecule has 0 amide bonds. The maximum absolute atomic E-state index is 12.1. The first kappa shape index (κ1) is 16.7. The Hall–Kier alpha value is -1.35. The fourth-order valence-electron chi connectivity index (χ4n) is 2.08. The number of rotatable bonds is 10. The molecule has 20 heavy (non-hydrogen) atoms. The van der Waals surface area contributed by atoms with Gasteiger partial charge in [-0.15, -0.1) is 6.58 Å². The first-order valence-electron chi connectivity index (χ1n) is 7.40. The van der Waals surface area contributed by atoms with Crippen LogP contribution in [0.15, 0.2) is 36.5 Å². The molecule has 0 aliphatic rings. The highest BCUT2D eigenvalue weighted by molar-refractivity contribution is 6.81. The topological polar surface area (TPSA) is 26.3 Å². The third kappa shape index (κ3) is 5.33. The molecule has 0 spiro atoms. The predicted molar refractivity (Wildman–Crippen MR) is 85.6 cm³/mol. The normalized spacial score (nSPS) is 11.9. The summed E-state index contributed by atoms with van der Waals surface area (Å²) in [6.07, 6.45) is 5.85. The van der Waals surface area contributed by atoms with Crippen molar-refractivity contribution >= 4 is 14.9 Å². The second-order valence-corrected chi connectivity index (χ2v) is 5.97. The lowest BCUT2D eigenvalue weighted by Crippen LogP contribution is -2.18. The van der Waals surface area contributed by atoms with Crippen LogP contribution in [0.3, 0.4) is 0 Å². The van der Waals surface area contributed by atoms with Gasteiger partial charge in [0.1, 0.15) is 11.2 Å². The molecule has 1 atom stereocenters. The van der Waals surface area contributed by atoms with Gasteiger partial charge in [0, 0.05) is 0 Å². The van der Waals surface area contributed by atoms with Crippen LogP contribution >= 0.6 is 0 Å². The molecule has 2 radical (unpaired) electrons. The molecule has 0 heterocycles. The molecule has 3 heteroatoms. The molecular weight excluding hydrogens is 264 g/mol. The minimum Gasteiger partial charge on any atom is -0.490 e.